The molecule has 1 atom stereocenters. The summed E-state index contributed by atoms with van der Waals surface area (Å²) in [7, 11) is 0. The number of para-hydroxylation sites is 1. The van der Waals surface area contributed by atoms with Crippen molar-refractivity contribution in [3.05, 3.63) is 42.2 Å². The molecular formula is C20H25N5O2. The molecule has 4 rings (SSSR count). The minimum absolute atomic E-state index is 0.0248. The standard InChI is InChI=1S/C20H25N5O2/c1-2-16-13-25-15-21-18(12-19(25)22-16)23-8-10-24(11-9-23)20(26)14-27-17-6-4-3-5-7-17/h3-7,12,15-16H,2,8-11,13-14H2,1H3/t16-/m0/s1. The van der Waals surface area contributed by atoms with Gasteiger partial charge in [-0.25, -0.2) is 4.99 Å². The van der Waals surface area contributed by atoms with Crippen LogP contribution in [0.2, 0.25) is 0 Å². The van der Waals surface area contributed by atoms with Crippen molar-refractivity contribution in [1.29, 1.82) is 0 Å². The lowest BCUT2D eigenvalue weighted by Crippen LogP contribution is -2.49. The van der Waals surface area contributed by atoms with Crippen LogP contribution < -0.4 is 4.74 Å². The molecule has 27 heavy (non-hydrogen) atoms. The first-order chi connectivity index (χ1) is 13.2. The van der Waals surface area contributed by atoms with Crippen LogP contribution in [0.5, 0.6) is 5.75 Å². The second-order valence-corrected chi connectivity index (χ2v) is 6.92. The third kappa shape index (κ3) is 3.97. The first-order valence-electron chi connectivity index (χ1n) is 9.54. The number of amidine groups is 1. The van der Waals surface area contributed by atoms with Gasteiger partial charge in [0.1, 0.15) is 17.4 Å². The van der Waals surface area contributed by atoms with E-state index in [1.54, 1.807) is 0 Å². The molecule has 1 saturated heterocycles. The lowest BCUT2D eigenvalue weighted by molar-refractivity contribution is -0.134. The maximum atomic E-state index is 12.4. The number of benzene rings is 1. The van der Waals surface area contributed by atoms with E-state index in [1.807, 2.05) is 41.6 Å². The van der Waals surface area contributed by atoms with Gasteiger partial charge < -0.3 is 19.4 Å². The first kappa shape index (κ1) is 17.6. The summed E-state index contributed by atoms with van der Waals surface area (Å²) in [6.07, 6.45) is 4.99. The van der Waals surface area contributed by atoms with Crippen LogP contribution in [-0.4, -0.2) is 78.2 Å². The molecule has 1 amide bonds. The number of amides is 1. The van der Waals surface area contributed by atoms with E-state index in [9.17, 15) is 4.79 Å². The van der Waals surface area contributed by atoms with Gasteiger partial charge in [-0.05, 0) is 18.6 Å². The highest BCUT2D eigenvalue weighted by molar-refractivity contribution is 6.03. The molecule has 3 aliphatic rings. The van der Waals surface area contributed by atoms with Crippen LogP contribution in [0.15, 0.2) is 52.2 Å². The van der Waals surface area contributed by atoms with Crippen LogP contribution in [-0.2, 0) is 4.79 Å². The van der Waals surface area contributed by atoms with E-state index in [0.29, 0.717) is 19.1 Å². The van der Waals surface area contributed by atoms with Crippen molar-refractivity contribution in [2.45, 2.75) is 19.4 Å². The smallest absolute Gasteiger partial charge is 0.260 e. The number of piperazine rings is 1. The first-order valence-corrected chi connectivity index (χ1v) is 9.54. The highest BCUT2D eigenvalue weighted by Gasteiger charge is 2.27. The molecule has 3 aliphatic heterocycles. The van der Waals surface area contributed by atoms with Crippen LogP contribution in [0.3, 0.4) is 0 Å². The minimum atomic E-state index is 0.0248. The number of carbonyl (C=O) groups is 1. The summed E-state index contributed by atoms with van der Waals surface area (Å²) in [5.41, 5.74) is 0. The van der Waals surface area contributed by atoms with Gasteiger partial charge >= 0.3 is 0 Å². The average Bonchev–Trinajstić information content (AvgIpc) is 3.15. The molecule has 0 N–H and O–H groups in total. The monoisotopic (exact) mass is 367 g/mol. The zero-order chi connectivity index (χ0) is 18.6. The highest BCUT2D eigenvalue weighted by atomic mass is 16.5. The Bertz CT molecular complexity index is 766. The Kier molecular flexibility index (Phi) is 5.09. The number of fused-ring (bicyclic) bond motifs is 1. The maximum absolute atomic E-state index is 12.4. The predicted molar refractivity (Wildman–Crippen MR) is 105 cm³/mol. The summed E-state index contributed by atoms with van der Waals surface area (Å²) < 4.78 is 5.57. The molecule has 0 spiro atoms. The van der Waals surface area contributed by atoms with E-state index in [2.05, 4.69) is 27.8 Å². The summed E-state index contributed by atoms with van der Waals surface area (Å²) in [5.74, 6) is 2.69. The fourth-order valence-electron chi connectivity index (χ4n) is 3.46. The Balaban J connectivity index is 1.29. The number of carbonyl (C=O) groups excluding carboxylic acids is 1. The lowest BCUT2D eigenvalue weighted by Gasteiger charge is -2.36. The van der Waals surface area contributed by atoms with E-state index in [0.717, 1.165) is 43.5 Å². The van der Waals surface area contributed by atoms with Crippen LogP contribution in [0.1, 0.15) is 13.3 Å². The molecule has 7 heteroatoms. The third-order valence-corrected chi connectivity index (χ3v) is 5.14. The Hall–Kier alpha value is -2.83. The molecular weight excluding hydrogens is 342 g/mol. The second kappa shape index (κ2) is 7.82. The molecule has 3 heterocycles. The molecule has 1 aromatic carbocycles. The highest BCUT2D eigenvalue weighted by Crippen LogP contribution is 2.20. The molecule has 142 valence electrons. The second-order valence-electron chi connectivity index (χ2n) is 6.92. The number of nitrogens with zero attached hydrogens (tertiary/aromatic N) is 5. The number of hydrogen-bond donors (Lipinski definition) is 0. The zero-order valence-electron chi connectivity index (χ0n) is 15.6. The Morgan fingerprint density at radius 1 is 1.19 bits per heavy atom. The topological polar surface area (TPSA) is 60.7 Å². The van der Waals surface area contributed by atoms with E-state index < -0.39 is 0 Å². The lowest BCUT2D eigenvalue weighted by atomic mass is 10.2. The van der Waals surface area contributed by atoms with Gasteiger partial charge in [-0.3, -0.25) is 9.79 Å². The number of ether oxygens (including phenoxy) is 1. The van der Waals surface area contributed by atoms with Gasteiger partial charge in [-0.15, -0.1) is 0 Å². The van der Waals surface area contributed by atoms with Crippen molar-refractivity contribution < 1.29 is 9.53 Å². The van der Waals surface area contributed by atoms with Crippen LogP contribution in [0, 0.1) is 0 Å². The summed E-state index contributed by atoms with van der Waals surface area (Å²) in [6.45, 7) is 6.05. The van der Waals surface area contributed by atoms with Gasteiger partial charge in [-0.1, -0.05) is 25.1 Å². The molecule has 0 bridgehead atoms. The number of aliphatic imine (C=N–C) groups is 2. The van der Waals surface area contributed by atoms with Gasteiger partial charge in [-0.2, -0.15) is 0 Å². The van der Waals surface area contributed by atoms with Gasteiger partial charge in [0.2, 0.25) is 0 Å². The van der Waals surface area contributed by atoms with Gasteiger partial charge in [0.25, 0.3) is 5.91 Å². The van der Waals surface area contributed by atoms with Crippen molar-refractivity contribution in [2.75, 3.05) is 39.3 Å². The fourth-order valence-corrected chi connectivity index (χ4v) is 3.46. The zero-order valence-corrected chi connectivity index (χ0v) is 15.6. The Morgan fingerprint density at radius 3 is 2.70 bits per heavy atom. The Morgan fingerprint density at radius 2 is 1.96 bits per heavy atom. The van der Waals surface area contributed by atoms with Gasteiger partial charge in [0.05, 0.1) is 12.4 Å². The van der Waals surface area contributed by atoms with Crippen LogP contribution in [0.25, 0.3) is 0 Å². The predicted octanol–water partition coefficient (Wildman–Crippen LogP) is 1.59. The van der Waals surface area contributed by atoms with Crippen LogP contribution >= 0.6 is 0 Å². The van der Waals surface area contributed by atoms with Crippen LogP contribution in [0.4, 0.5) is 0 Å². The van der Waals surface area contributed by atoms with E-state index in [1.165, 1.54) is 0 Å². The van der Waals surface area contributed by atoms with E-state index >= 15 is 0 Å². The number of rotatable bonds is 5. The van der Waals surface area contributed by atoms with Crippen molar-refractivity contribution >= 4 is 18.1 Å². The van der Waals surface area contributed by atoms with Crippen molar-refractivity contribution in [3.8, 4) is 5.75 Å². The largest absolute Gasteiger partial charge is 0.484 e. The van der Waals surface area contributed by atoms with Gasteiger partial charge in [0, 0.05) is 38.8 Å². The molecule has 0 saturated carbocycles. The number of hydrogen-bond acceptors (Lipinski definition) is 6. The molecule has 0 radical (unpaired) electrons. The molecule has 7 nitrogen and oxygen atoms in total. The molecule has 0 unspecified atom stereocenters. The quantitative estimate of drug-likeness (QED) is 0.793. The summed E-state index contributed by atoms with van der Waals surface area (Å²) in [4.78, 5) is 27.9. The van der Waals surface area contributed by atoms with E-state index in [-0.39, 0.29) is 12.5 Å². The SMILES string of the molecule is CC[C@H]1CN2C=NC(N3CCN(C(=O)COc4ccccc4)CC3)=CC2=N1. The molecule has 1 fully saturated rings. The summed E-state index contributed by atoms with van der Waals surface area (Å²) in [6, 6.07) is 9.80. The van der Waals surface area contributed by atoms with Crippen molar-refractivity contribution in [3.63, 3.8) is 0 Å². The average molecular weight is 367 g/mol. The molecule has 0 aromatic heterocycles. The van der Waals surface area contributed by atoms with Crippen molar-refractivity contribution in [1.82, 2.24) is 14.7 Å². The minimum Gasteiger partial charge on any atom is -0.484 e. The summed E-state index contributed by atoms with van der Waals surface area (Å²) in [5, 5.41) is 0. The van der Waals surface area contributed by atoms with Gasteiger partial charge in [0.15, 0.2) is 6.61 Å². The maximum Gasteiger partial charge on any atom is 0.260 e. The van der Waals surface area contributed by atoms with E-state index in [4.69, 9.17) is 9.73 Å². The normalized spacial score (nSPS) is 21.7. The Labute approximate surface area is 159 Å². The molecule has 1 aromatic rings. The summed E-state index contributed by atoms with van der Waals surface area (Å²) >= 11 is 0. The fraction of sp³-hybridized carbons (Fsp3) is 0.450. The molecule has 0 aliphatic carbocycles. The van der Waals surface area contributed by atoms with Crippen molar-refractivity contribution in [2.24, 2.45) is 9.98 Å². The third-order valence-electron chi connectivity index (χ3n) is 5.14.